The Morgan fingerprint density at radius 3 is 1.90 bits per heavy atom. The molecule has 0 bridgehead atoms. The van der Waals surface area contributed by atoms with Crippen molar-refractivity contribution in [2.75, 3.05) is 4.90 Å². The van der Waals surface area contributed by atoms with Crippen molar-refractivity contribution in [1.82, 2.24) is 4.57 Å². The van der Waals surface area contributed by atoms with Crippen LogP contribution in [0.5, 0.6) is 0 Å². The molecule has 2 nitrogen and oxygen atoms in total. The van der Waals surface area contributed by atoms with Crippen LogP contribution in [0.15, 0.2) is 182 Å². The minimum atomic E-state index is 0.289. The molecule has 0 spiro atoms. The zero-order chi connectivity index (χ0) is 32.3. The molecule has 8 aromatic carbocycles. The van der Waals surface area contributed by atoms with Gasteiger partial charge in [0.15, 0.2) is 0 Å². The largest absolute Gasteiger partial charge is 0.0602 e. The van der Waals surface area contributed by atoms with E-state index in [9.17, 15) is 0 Å². The molecule has 2 aromatic heterocycles. The number of para-hydroxylation sites is 2. The molecule has 0 amide bonds. The van der Waals surface area contributed by atoms with Gasteiger partial charge in [-0.3, -0.25) is 0 Å². The molecule has 0 N–H and O–H groups in total. The minimum Gasteiger partial charge on any atom is -0.0602 e. The third-order valence-corrected chi connectivity index (χ3v) is 12.2. The maximum atomic E-state index is 2.43. The Kier molecular flexibility index (Phi) is 6.55. The van der Waals surface area contributed by atoms with E-state index in [0.717, 1.165) is 5.69 Å². The molecule has 49 heavy (non-hydrogen) atoms. The van der Waals surface area contributed by atoms with Gasteiger partial charge in [-0.05, 0) is 18.2 Å². The molecule has 0 atom stereocenters. The first-order valence-corrected chi connectivity index (χ1v) is 18.4. The summed E-state index contributed by atoms with van der Waals surface area (Å²) < 4.78 is 5.29. The quantitative estimate of drug-likeness (QED) is 0.163. The maximum Gasteiger partial charge on any atom is -0.0380 e. The van der Waals surface area contributed by atoms with Crippen molar-refractivity contribution < 1.29 is 0 Å². The first-order valence-electron chi connectivity index (χ1n) is 16.7. The topological polar surface area (TPSA) is 8.17 Å². The second-order valence-electron chi connectivity index (χ2n) is 12.6. The fourth-order valence-electron chi connectivity index (χ4n) is 7.49. The molecule has 0 fully saturated rings. The Bertz CT molecular complexity index is 2820. The van der Waals surface area contributed by atoms with E-state index in [-0.39, 0.29) is 14.5 Å². The molecule has 0 radical (unpaired) electrons. The third kappa shape index (κ3) is 4.63. The molecular weight excluding hydrogens is 659 g/mol. The van der Waals surface area contributed by atoms with Gasteiger partial charge in [-0.25, -0.2) is 0 Å². The number of nitrogens with zero attached hydrogens (tertiary/aromatic N) is 2. The van der Waals surface area contributed by atoms with Crippen LogP contribution in [-0.2, 0) is 0 Å². The minimum absolute atomic E-state index is 0.289. The summed E-state index contributed by atoms with van der Waals surface area (Å²) in [6.07, 6.45) is 0. The van der Waals surface area contributed by atoms with Crippen LogP contribution in [0.25, 0.3) is 68.7 Å². The zero-order valence-corrected chi connectivity index (χ0v) is 28.3. The molecule has 0 aliphatic rings. The Hall–Kier alpha value is -5.86. The molecule has 0 aliphatic carbocycles. The van der Waals surface area contributed by atoms with Crippen LogP contribution in [0, 0.1) is 0 Å². The SMILES string of the molecule is c1ccc(-n2c3ccccc3c3ccc(-c4ccc(N(c5ccc6c(c5)[se]c5ccccc56)c5cccc6ccccc56)cc4)cc32)cc1. The van der Waals surface area contributed by atoms with Crippen LogP contribution >= 0.6 is 0 Å². The van der Waals surface area contributed by atoms with Crippen LogP contribution in [0.2, 0.25) is 0 Å². The normalized spacial score (nSPS) is 11.7. The molecule has 230 valence electrons. The van der Waals surface area contributed by atoms with Crippen LogP contribution in [0.4, 0.5) is 17.1 Å². The van der Waals surface area contributed by atoms with E-state index in [0.29, 0.717) is 0 Å². The van der Waals surface area contributed by atoms with Gasteiger partial charge in [-0.15, -0.1) is 0 Å². The number of hydrogen-bond acceptors (Lipinski definition) is 1. The molecule has 3 heteroatoms. The fraction of sp³-hybridized carbons (Fsp3) is 0. The van der Waals surface area contributed by atoms with E-state index in [4.69, 9.17) is 0 Å². The van der Waals surface area contributed by atoms with E-state index >= 15 is 0 Å². The Balaban J connectivity index is 1.12. The van der Waals surface area contributed by atoms with E-state index < -0.39 is 0 Å². The maximum absolute atomic E-state index is 2.43. The number of rotatable bonds is 5. The van der Waals surface area contributed by atoms with E-state index in [1.54, 1.807) is 0 Å². The molecule has 0 saturated heterocycles. The van der Waals surface area contributed by atoms with Gasteiger partial charge in [0.05, 0.1) is 5.52 Å². The van der Waals surface area contributed by atoms with Crippen LogP contribution < -0.4 is 4.90 Å². The van der Waals surface area contributed by atoms with Crippen molar-refractivity contribution in [3.63, 3.8) is 0 Å². The molecule has 0 saturated carbocycles. The second-order valence-corrected chi connectivity index (χ2v) is 14.9. The van der Waals surface area contributed by atoms with Gasteiger partial charge < -0.3 is 0 Å². The van der Waals surface area contributed by atoms with Gasteiger partial charge in [-0.1, -0.05) is 36.4 Å². The summed E-state index contributed by atoms with van der Waals surface area (Å²) in [5.74, 6) is 0. The zero-order valence-electron chi connectivity index (χ0n) is 26.6. The number of anilines is 3. The van der Waals surface area contributed by atoms with Gasteiger partial charge >= 0.3 is 221 Å². The van der Waals surface area contributed by atoms with Gasteiger partial charge in [0.25, 0.3) is 0 Å². The van der Waals surface area contributed by atoms with Gasteiger partial charge in [0.2, 0.25) is 0 Å². The number of fused-ring (bicyclic) bond motifs is 7. The van der Waals surface area contributed by atoms with E-state index in [1.165, 1.54) is 80.1 Å². The second kappa shape index (κ2) is 11.4. The smallest absolute Gasteiger partial charge is 0.0380 e. The molecule has 0 unspecified atom stereocenters. The average molecular weight is 690 g/mol. The predicted octanol–water partition coefficient (Wildman–Crippen LogP) is 12.4. The average Bonchev–Trinajstić information content (AvgIpc) is 3.71. The monoisotopic (exact) mass is 690 g/mol. The standard InChI is InChI=1S/C46H30N2Se/c1-2-13-34(14-3-1)48-43-18-8-6-16-38(43)39-27-23-33(29-44(39)48)31-21-24-35(25-22-31)47(42-19-10-12-32-11-4-5-15-37(32)42)36-26-28-41-40-17-7-9-20-45(40)49-46(41)30-36/h1-30H. The van der Waals surface area contributed by atoms with Crippen LogP contribution in [0.1, 0.15) is 0 Å². The number of benzene rings is 8. The molecule has 0 aliphatic heterocycles. The summed E-state index contributed by atoms with van der Waals surface area (Å²) >= 11 is 0.289. The fourth-order valence-corrected chi connectivity index (χ4v) is 9.88. The van der Waals surface area contributed by atoms with E-state index in [1.807, 2.05) is 0 Å². The third-order valence-electron chi connectivity index (χ3n) is 9.78. The van der Waals surface area contributed by atoms with Gasteiger partial charge in [-0.2, -0.15) is 0 Å². The summed E-state index contributed by atoms with van der Waals surface area (Å²) in [6.45, 7) is 0. The van der Waals surface area contributed by atoms with Crippen LogP contribution in [0.3, 0.4) is 0 Å². The summed E-state index contributed by atoms with van der Waals surface area (Å²) in [6, 6.07) is 66.6. The van der Waals surface area contributed by atoms with Crippen molar-refractivity contribution >= 4 is 83.4 Å². The van der Waals surface area contributed by atoms with Crippen LogP contribution in [-0.4, -0.2) is 19.1 Å². The summed E-state index contributed by atoms with van der Waals surface area (Å²) in [7, 11) is 0. The molecule has 10 aromatic rings. The van der Waals surface area contributed by atoms with E-state index in [2.05, 4.69) is 191 Å². The molecular formula is C46H30N2Se. The summed E-state index contributed by atoms with van der Waals surface area (Å²) in [5, 5.41) is 7.77. The summed E-state index contributed by atoms with van der Waals surface area (Å²) in [5.41, 5.74) is 9.52. The first-order chi connectivity index (χ1) is 24.3. The summed E-state index contributed by atoms with van der Waals surface area (Å²) in [4.78, 5) is 2.43. The number of aromatic nitrogens is 1. The van der Waals surface area contributed by atoms with Crippen molar-refractivity contribution in [3.05, 3.63) is 182 Å². The van der Waals surface area contributed by atoms with Gasteiger partial charge in [0.1, 0.15) is 0 Å². The van der Waals surface area contributed by atoms with Crippen molar-refractivity contribution in [2.24, 2.45) is 0 Å². The predicted molar refractivity (Wildman–Crippen MR) is 210 cm³/mol. The Morgan fingerprint density at radius 1 is 0.388 bits per heavy atom. The Labute approximate surface area is 290 Å². The van der Waals surface area contributed by atoms with Crippen molar-refractivity contribution in [3.8, 4) is 16.8 Å². The molecule has 10 rings (SSSR count). The first kappa shape index (κ1) is 28.2. The van der Waals surface area contributed by atoms with Crippen molar-refractivity contribution in [1.29, 1.82) is 0 Å². The Morgan fingerprint density at radius 2 is 1.02 bits per heavy atom. The number of hydrogen-bond donors (Lipinski definition) is 0. The van der Waals surface area contributed by atoms with Gasteiger partial charge in [0, 0.05) is 11.1 Å². The van der Waals surface area contributed by atoms with Crippen molar-refractivity contribution in [2.45, 2.75) is 0 Å². The molecule has 2 heterocycles.